The van der Waals surface area contributed by atoms with Crippen molar-refractivity contribution < 1.29 is 4.79 Å². The number of hydrogen-bond donors (Lipinski definition) is 0. The molecule has 0 radical (unpaired) electrons. The molecule has 0 atom stereocenters. The lowest BCUT2D eigenvalue weighted by atomic mass is 10.3. The van der Waals surface area contributed by atoms with E-state index in [9.17, 15) is 4.79 Å². The monoisotopic (exact) mass is 184 g/mol. The summed E-state index contributed by atoms with van der Waals surface area (Å²) < 4.78 is 1.64. The molecule has 1 aromatic heterocycles. The van der Waals surface area contributed by atoms with E-state index in [1.54, 1.807) is 28.8 Å². The maximum absolute atomic E-state index is 11.3. The van der Waals surface area contributed by atoms with Gasteiger partial charge in [-0.2, -0.15) is 16.9 Å². The largest absolute Gasteiger partial charge is 0.293 e. The number of carbonyl (C=O) groups is 1. The van der Waals surface area contributed by atoms with Crippen LogP contribution in [0.1, 0.15) is 17.3 Å². The van der Waals surface area contributed by atoms with Gasteiger partial charge in [0.05, 0.1) is 17.5 Å². The molecule has 0 fully saturated rings. The zero-order chi connectivity index (χ0) is 8.97. The number of aromatic nitrogens is 2. The molecule has 4 heteroatoms. The number of nitrogens with zero attached hydrogens (tertiary/aromatic N) is 2. The van der Waals surface area contributed by atoms with Crippen LogP contribution in [0, 0.1) is 0 Å². The maximum atomic E-state index is 11.3. The fourth-order valence-corrected chi connectivity index (χ4v) is 1.40. The van der Waals surface area contributed by atoms with Gasteiger partial charge in [-0.25, -0.2) is 0 Å². The molecule has 0 amide bonds. The minimum atomic E-state index is 0.162. The van der Waals surface area contributed by atoms with E-state index in [-0.39, 0.29) is 5.78 Å². The van der Waals surface area contributed by atoms with Crippen LogP contribution in [-0.4, -0.2) is 27.1 Å². The van der Waals surface area contributed by atoms with Crippen molar-refractivity contribution in [2.45, 2.75) is 6.92 Å². The Kier molecular flexibility index (Phi) is 3.34. The average molecular weight is 184 g/mol. The quantitative estimate of drug-likeness (QED) is 0.663. The molecule has 3 nitrogen and oxygen atoms in total. The van der Waals surface area contributed by atoms with Gasteiger partial charge in [0.1, 0.15) is 0 Å². The lowest BCUT2D eigenvalue weighted by Crippen LogP contribution is -2.00. The first-order chi connectivity index (χ1) is 5.74. The topological polar surface area (TPSA) is 34.9 Å². The molecule has 66 valence electrons. The smallest absolute Gasteiger partial charge is 0.175 e. The molecule has 0 N–H and O–H groups in total. The number of aryl methyl sites for hydroxylation is 1. The third kappa shape index (κ3) is 2.37. The summed E-state index contributed by atoms with van der Waals surface area (Å²) in [6.45, 7) is 2.04. The molecule has 0 saturated heterocycles. The van der Waals surface area contributed by atoms with Gasteiger partial charge in [-0.3, -0.25) is 9.48 Å². The van der Waals surface area contributed by atoms with Gasteiger partial charge >= 0.3 is 0 Å². The van der Waals surface area contributed by atoms with Gasteiger partial charge in [-0.05, 0) is 5.75 Å². The number of hydrogen-bond acceptors (Lipinski definition) is 3. The molecule has 0 spiro atoms. The van der Waals surface area contributed by atoms with Crippen LogP contribution in [0.3, 0.4) is 0 Å². The number of ketones is 1. The summed E-state index contributed by atoms with van der Waals surface area (Å²) in [6, 6.07) is 0. The van der Waals surface area contributed by atoms with E-state index in [0.717, 1.165) is 5.75 Å². The van der Waals surface area contributed by atoms with Crippen LogP contribution in [0.15, 0.2) is 12.4 Å². The second kappa shape index (κ2) is 4.30. The Hall–Kier alpha value is -0.770. The van der Waals surface area contributed by atoms with Crippen molar-refractivity contribution in [2.24, 2.45) is 7.05 Å². The van der Waals surface area contributed by atoms with Crippen LogP contribution in [0.4, 0.5) is 0 Å². The Morgan fingerprint density at radius 1 is 1.75 bits per heavy atom. The first-order valence-electron chi connectivity index (χ1n) is 3.83. The van der Waals surface area contributed by atoms with Crippen LogP contribution < -0.4 is 0 Å². The minimum absolute atomic E-state index is 0.162. The highest BCUT2D eigenvalue weighted by atomic mass is 32.2. The summed E-state index contributed by atoms with van der Waals surface area (Å²) in [6.07, 6.45) is 3.36. The highest BCUT2D eigenvalue weighted by molar-refractivity contribution is 7.99. The van der Waals surface area contributed by atoms with Crippen LogP contribution in [0.5, 0.6) is 0 Å². The number of thioether (sulfide) groups is 1. The molecule has 12 heavy (non-hydrogen) atoms. The predicted molar refractivity (Wildman–Crippen MR) is 50.5 cm³/mol. The minimum Gasteiger partial charge on any atom is -0.293 e. The maximum Gasteiger partial charge on any atom is 0.175 e. The third-order valence-electron chi connectivity index (χ3n) is 1.46. The van der Waals surface area contributed by atoms with E-state index in [1.165, 1.54) is 0 Å². The predicted octanol–water partition coefficient (Wildman–Crippen LogP) is 1.36. The van der Waals surface area contributed by atoms with Gasteiger partial charge in [0.2, 0.25) is 0 Å². The van der Waals surface area contributed by atoms with Gasteiger partial charge in [0.15, 0.2) is 5.78 Å². The van der Waals surface area contributed by atoms with Crippen molar-refractivity contribution in [2.75, 3.05) is 11.5 Å². The summed E-state index contributed by atoms with van der Waals surface area (Å²) in [5, 5.41) is 3.93. The number of Topliss-reactive ketones (excluding diaryl/α,β-unsaturated/α-hetero) is 1. The summed E-state index contributed by atoms with van der Waals surface area (Å²) >= 11 is 1.63. The molecule has 1 aromatic rings. The summed E-state index contributed by atoms with van der Waals surface area (Å²) in [5.41, 5.74) is 0.707. The fourth-order valence-electron chi connectivity index (χ4n) is 0.843. The lowest BCUT2D eigenvalue weighted by molar-refractivity contribution is 0.102. The van der Waals surface area contributed by atoms with Crippen LogP contribution in [0.2, 0.25) is 0 Å². The Morgan fingerprint density at radius 3 is 3.00 bits per heavy atom. The van der Waals surface area contributed by atoms with Crippen molar-refractivity contribution in [1.82, 2.24) is 9.78 Å². The van der Waals surface area contributed by atoms with Crippen molar-refractivity contribution in [3.8, 4) is 0 Å². The average Bonchev–Trinajstić information content (AvgIpc) is 2.47. The van der Waals surface area contributed by atoms with E-state index >= 15 is 0 Å². The van der Waals surface area contributed by atoms with Crippen molar-refractivity contribution in [3.05, 3.63) is 18.0 Å². The first-order valence-corrected chi connectivity index (χ1v) is 4.99. The summed E-state index contributed by atoms with van der Waals surface area (Å²) in [4.78, 5) is 11.3. The molecule has 1 heterocycles. The van der Waals surface area contributed by atoms with E-state index < -0.39 is 0 Å². The molecular formula is C8H12N2OS. The molecular weight excluding hydrogens is 172 g/mol. The summed E-state index contributed by atoms with van der Waals surface area (Å²) in [7, 11) is 1.81. The van der Waals surface area contributed by atoms with E-state index in [2.05, 4.69) is 5.10 Å². The Balaban J connectivity index is 2.53. The standard InChI is InChI=1S/C8H12N2OS/c1-3-12-6-8(11)7-4-9-10(2)5-7/h4-5H,3,6H2,1-2H3. The molecule has 1 rings (SSSR count). The summed E-state index contributed by atoms with van der Waals surface area (Å²) in [5.74, 6) is 1.70. The van der Waals surface area contributed by atoms with Crippen molar-refractivity contribution in [1.29, 1.82) is 0 Å². The lowest BCUT2D eigenvalue weighted by Gasteiger charge is -1.93. The highest BCUT2D eigenvalue weighted by Gasteiger charge is 2.06. The Morgan fingerprint density at radius 2 is 2.50 bits per heavy atom. The third-order valence-corrected chi connectivity index (χ3v) is 2.34. The van der Waals surface area contributed by atoms with Crippen LogP contribution in [0.25, 0.3) is 0 Å². The van der Waals surface area contributed by atoms with Gasteiger partial charge in [0, 0.05) is 13.2 Å². The van der Waals surface area contributed by atoms with Crippen LogP contribution >= 0.6 is 11.8 Å². The van der Waals surface area contributed by atoms with Crippen molar-refractivity contribution >= 4 is 17.5 Å². The number of carbonyl (C=O) groups excluding carboxylic acids is 1. The van der Waals surface area contributed by atoms with Gasteiger partial charge in [-0.15, -0.1) is 0 Å². The second-order valence-corrected chi connectivity index (χ2v) is 3.74. The van der Waals surface area contributed by atoms with E-state index in [4.69, 9.17) is 0 Å². The second-order valence-electron chi connectivity index (χ2n) is 2.46. The fraction of sp³-hybridized carbons (Fsp3) is 0.500. The first kappa shape index (κ1) is 9.32. The molecule has 0 unspecified atom stereocenters. The molecule has 0 saturated carbocycles. The van der Waals surface area contributed by atoms with E-state index in [1.807, 2.05) is 14.0 Å². The molecule has 0 bridgehead atoms. The van der Waals surface area contributed by atoms with Gasteiger partial charge in [0.25, 0.3) is 0 Å². The van der Waals surface area contributed by atoms with Crippen molar-refractivity contribution in [3.63, 3.8) is 0 Å². The van der Waals surface area contributed by atoms with E-state index in [0.29, 0.717) is 11.3 Å². The molecule has 0 aliphatic heterocycles. The SMILES string of the molecule is CCSCC(=O)c1cnn(C)c1. The van der Waals surface area contributed by atoms with Crippen LogP contribution in [-0.2, 0) is 7.05 Å². The van der Waals surface area contributed by atoms with Gasteiger partial charge in [-0.1, -0.05) is 6.92 Å². The van der Waals surface area contributed by atoms with Gasteiger partial charge < -0.3 is 0 Å². The molecule has 0 aliphatic carbocycles. The normalized spacial score (nSPS) is 10.2. The Labute approximate surface area is 76.1 Å². The Bertz CT molecular complexity index is 270. The zero-order valence-corrected chi connectivity index (χ0v) is 8.10. The molecule has 0 aromatic carbocycles. The molecule has 0 aliphatic rings. The number of rotatable bonds is 4. The highest BCUT2D eigenvalue weighted by Crippen LogP contribution is 2.05. The zero-order valence-electron chi connectivity index (χ0n) is 7.28.